The average Bonchev–Trinajstić information content (AvgIpc) is 3.40. The quantitative estimate of drug-likeness (QED) is 0.433. The molecule has 0 saturated carbocycles. The molecule has 8 nitrogen and oxygen atoms in total. The predicted molar refractivity (Wildman–Crippen MR) is 118 cm³/mol. The number of hydrogen-bond donors (Lipinski definition) is 2. The molecule has 8 heteroatoms. The number of Topliss-reactive ketones (excluding diaryl/α,β-unsaturated/α-hetero) is 1. The molecule has 32 heavy (non-hydrogen) atoms. The van der Waals surface area contributed by atoms with Gasteiger partial charge < -0.3 is 19.5 Å². The molecule has 0 atom stereocenters. The number of pyridine rings is 1. The molecule has 4 rings (SSSR count). The summed E-state index contributed by atoms with van der Waals surface area (Å²) in [5, 5.41) is 25.7. The van der Waals surface area contributed by atoms with E-state index in [1.54, 1.807) is 69.4 Å². The minimum Gasteiger partial charge on any atom is -0.503 e. The van der Waals surface area contributed by atoms with Gasteiger partial charge >= 0.3 is 0 Å². The third-order valence-electron chi connectivity index (χ3n) is 5.10. The summed E-state index contributed by atoms with van der Waals surface area (Å²) in [4.78, 5) is 17.7. The van der Waals surface area contributed by atoms with Crippen molar-refractivity contribution in [3.05, 3.63) is 60.5 Å². The molecule has 4 aromatic rings. The molecule has 0 spiro atoms. The zero-order valence-electron chi connectivity index (χ0n) is 18.2. The van der Waals surface area contributed by atoms with E-state index in [2.05, 4.69) is 10.1 Å². The predicted octanol–water partition coefficient (Wildman–Crippen LogP) is 4.84. The summed E-state index contributed by atoms with van der Waals surface area (Å²) in [5.74, 6) is -0.915. The maximum atomic E-state index is 13.3. The van der Waals surface area contributed by atoms with Gasteiger partial charge in [-0.25, -0.2) is 0 Å². The topological polar surface area (TPSA) is 111 Å². The number of nitrogens with zero attached hydrogens (tertiary/aromatic N) is 3. The van der Waals surface area contributed by atoms with Gasteiger partial charge in [0.05, 0.1) is 18.4 Å². The number of rotatable bonds is 5. The Morgan fingerprint density at radius 3 is 2.41 bits per heavy atom. The average molecular weight is 433 g/mol. The Bertz CT molecular complexity index is 1270. The number of benzene rings is 1. The van der Waals surface area contributed by atoms with E-state index in [0.29, 0.717) is 22.8 Å². The van der Waals surface area contributed by atoms with Crippen molar-refractivity contribution in [1.29, 1.82) is 0 Å². The minimum absolute atomic E-state index is 0.0208. The van der Waals surface area contributed by atoms with Gasteiger partial charge in [0.25, 0.3) is 0 Å². The zero-order chi connectivity index (χ0) is 23.0. The monoisotopic (exact) mass is 433 g/mol. The lowest BCUT2D eigenvalue weighted by Crippen LogP contribution is -2.21. The molecule has 2 N–H and O–H groups in total. The Balaban J connectivity index is 2.00. The fourth-order valence-electron chi connectivity index (χ4n) is 3.49. The van der Waals surface area contributed by atoms with Crippen molar-refractivity contribution < 1.29 is 24.3 Å². The smallest absolute Gasteiger partial charge is 0.240 e. The number of aromatic hydroxyl groups is 2. The van der Waals surface area contributed by atoms with Gasteiger partial charge in [-0.3, -0.25) is 14.3 Å². The number of carbonyl (C=O) groups is 1. The van der Waals surface area contributed by atoms with Gasteiger partial charge in [0, 0.05) is 28.9 Å². The summed E-state index contributed by atoms with van der Waals surface area (Å²) in [6.07, 6.45) is 3.04. The highest BCUT2D eigenvalue weighted by molar-refractivity contribution is 6.08. The molecule has 0 fully saturated rings. The number of ketones is 1. The van der Waals surface area contributed by atoms with Crippen molar-refractivity contribution in [3.63, 3.8) is 0 Å². The fraction of sp³-hybridized carbons (Fsp3) is 0.208. The van der Waals surface area contributed by atoms with Crippen molar-refractivity contribution in [2.45, 2.75) is 20.8 Å². The second-order valence-corrected chi connectivity index (χ2v) is 8.30. The van der Waals surface area contributed by atoms with Crippen LogP contribution >= 0.6 is 0 Å². The number of aromatic nitrogens is 3. The molecule has 0 bridgehead atoms. The van der Waals surface area contributed by atoms with E-state index in [-0.39, 0.29) is 17.0 Å². The molecule has 0 amide bonds. The molecule has 0 aliphatic heterocycles. The Labute approximate surface area is 184 Å². The summed E-state index contributed by atoms with van der Waals surface area (Å²) in [5.41, 5.74) is 1.70. The van der Waals surface area contributed by atoms with Crippen molar-refractivity contribution in [3.8, 4) is 45.7 Å². The Hall–Kier alpha value is -4.07. The van der Waals surface area contributed by atoms with Crippen molar-refractivity contribution >= 4 is 5.78 Å². The summed E-state index contributed by atoms with van der Waals surface area (Å²) in [7, 11) is 1.49. The molecule has 0 saturated heterocycles. The van der Waals surface area contributed by atoms with Crippen LogP contribution in [0.1, 0.15) is 31.1 Å². The first-order valence-corrected chi connectivity index (χ1v) is 9.96. The molecule has 164 valence electrons. The van der Waals surface area contributed by atoms with E-state index >= 15 is 0 Å². The first kappa shape index (κ1) is 21.2. The first-order chi connectivity index (χ1) is 15.2. The molecule has 3 heterocycles. The van der Waals surface area contributed by atoms with Crippen LogP contribution in [0.15, 0.2) is 59.4 Å². The van der Waals surface area contributed by atoms with Gasteiger partial charge in [-0.2, -0.15) is 0 Å². The number of ether oxygens (including phenoxy) is 1. The molecule has 1 aromatic carbocycles. The summed E-state index contributed by atoms with van der Waals surface area (Å²) in [6, 6.07) is 12.2. The van der Waals surface area contributed by atoms with E-state index in [1.165, 1.54) is 17.9 Å². The summed E-state index contributed by atoms with van der Waals surface area (Å²) in [6.45, 7) is 5.24. The van der Waals surface area contributed by atoms with Crippen LogP contribution in [-0.4, -0.2) is 37.8 Å². The van der Waals surface area contributed by atoms with E-state index in [4.69, 9.17) is 9.26 Å². The Morgan fingerprint density at radius 1 is 1.09 bits per heavy atom. The van der Waals surface area contributed by atoms with E-state index in [9.17, 15) is 15.0 Å². The first-order valence-electron chi connectivity index (χ1n) is 9.96. The fourth-order valence-corrected chi connectivity index (χ4v) is 3.49. The highest BCUT2D eigenvalue weighted by Crippen LogP contribution is 2.46. The molecule has 0 unspecified atom stereocenters. The second kappa shape index (κ2) is 7.88. The van der Waals surface area contributed by atoms with Gasteiger partial charge in [0.1, 0.15) is 23.4 Å². The summed E-state index contributed by atoms with van der Waals surface area (Å²) < 4.78 is 11.7. The maximum Gasteiger partial charge on any atom is 0.240 e. The number of hydrogen-bond acceptors (Lipinski definition) is 7. The third kappa shape index (κ3) is 3.49. The van der Waals surface area contributed by atoms with Crippen LogP contribution < -0.4 is 4.74 Å². The van der Waals surface area contributed by atoms with Gasteiger partial charge in [-0.15, -0.1) is 0 Å². The molecule has 3 aromatic heterocycles. The van der Waals surface area contributed by atoms with E-state index in [0.717, 1.165) is 5.56 Å². The highest BCUT2D eigenvalue weighted by Gasteiger charge is 2.36. The van der Waals surface area contributed by atoms with E-state index in [1.807, 2.05) is 0 Å². The lowest BCUT2D eigenvalue weighted by atomic mass is 9.85. The third-order valence-corrected chi connectivity index (χ3v) is 5.10. The van der Waals surface area contributed by atoms with Crippen LogP contribution in [0.2, 0.25) is 0 Å². The lowest BCUT2D eigenvalue weighted by Gasteiger charge is -2.18. The highest BCUT2D eigenvalue weighted by atomic mass is 16.5. The number of methoxy groups -OCH3 is 1. The van der Waals surface area contributed by atoms with Crippen molar-refractivity contribution in [2.75, 3.05) is 7.11 Å². The van der Waals surface area contributed by atoms with E-state index < -0.39 is 17.0 Å². The van der Waals surface area contributed by atoms with Crippen LogP contribution in [0.25, 0.3) is 28.3 Å². The standard InChI is InChI=1S/C24H23N3O5/c1-24(2,3)22(29)18-20(19-17(31-4)6-5-12-25-19)27(23(30)21(18)28)15-9-7-14(8-10-15)16-11-13-32-26-16/h5-13,28,30H,1-4H3. The normalized spacial score (nSPS) is 11.5. The maximum absolute atomic E-state index is 13.3. The van der Waals surface area contributed by atoms with Crippen LogP contribution in [0.4, 0.5) is 0 Å². The second-order valence-electron chi connectivity index (χ2n) is 8.30. The van der Waals surface area contributed by atoms with Crippen LogP contribution in [0.3, 0.4) is 0 Å². The van der Waals surface area contributed by atoms with Crippen LogP contribution in [0, 0.1) is 5.41 Å². The SMILES string of the molecule is COc1cccnc1-c1c(C(=O)C(C)(C)C)c(O)c(O)n1-c1ccc(-c2ccon2)cc1. The largest absolute Gasteiger partial charge is 0.503 e. The Kier molecular flexibility index (Phi) is 5.22. The molecule has 0 aliphatic carbocycles. The number of carbonyl (C=O) groups excluding carboxylic acids is 1. The minimum atomic E-state index is -0.816. The van der Waals surface area contributed by atoms with Gasteiger partial charge in [-0.05, 0) is 24.3 Å². The Morgan fingerprint density at radius 2 is 1.81 bits per heavy atom. The summed E-state index contributed by atoms with van der Waals surface area (Å²) >= 11 is 0. The van der Waals surface area contributed by atoms with Crippen molar-refractivity contribution in [2.24, 2.45) is 5.41 Å². The van der Waals surface area contributed by atoms with Crippen molar-refractivity contribution in [1.82, 2.24) is 14.7 Å². The zero-order valence-corrected chi connectivity index (χ0v) is 18.2. The van der Waals surface area contributed by atoms with Crippen LogP contribution in [0.5, 0.6) is 17.4 Å². The molecule has 0 radical (unpaired) electrons. The van der Waals surface area contributed by atoms with Gasteiger partial charge in [0.2, 0.25) is 5.88 Å². The lowest BCUT2D eigenvalue weighted by molar-refractivity contribution is 0.0856. The van der Waals surface area contributed by atoms with Gasteiger partial charge in [-0.1, -0.05) is 38.1 Å². The molecule has 0 aliphatic rings. The molecular formula is C24H23N3O5. The molecular weight excluding hydrogens is 410 g/mol. The van der Waals surface area contributed by atoms with Gasteiger partial charge in [0.15, 0.2) is 11.5 Å². The van der Waals surface area contributed by atoms with Crippen LogP contribution in [-0.2, 0) is 0 Å².